The third-order valence-electron chi connectivity index (χ3n) is 4.99. The van der Waals surface area contributed by atoms with E-state index in [1.54, 1.807) is 24.3 Å². The monoisotopic (exact) mass is 478 g/mol. The van der Waals surface area contributed by atoms with Gasteiger partial charge < -0.3 is 19.5 Å². The molecule has 32 heavy (non-hydrogen) atoms. The minimum atomic E-state index is -3.79. The molecule has 2 aromatic carbocycles. The van der Waals surface area contributed by atoms with Crippen molar-refractivity contribution < 1.29 is 27.4 Å². The van der Waals surface area contributed by atoms with E-state index in [2.05, 4.69) is 5.32 Å². The molecule has 1 N–H and O–H groups in total. The number of nitrogens with zero attached hydrogens (tertiary/aromatic N) is 1. The van der Waals surface area contributed by atoms with E-state index in [4.69, 9.17) is 25.8 Å². The highest BCUT2D eigenvalue weighted by atomic mass is 35.5. The summed E-state index contributed by atoms with van der Waals surface area (Å²) in [6.07, 6.45) is 3.82. The number of ether oxygens (including phenoxy) is 3. The van der Waals surface area contributed by atoms with Gasteiger partial charge in [0.2, 0.25) is 15.9 Å². The van der Waals surface area contributed by atoms with Crippen LogP contribution in [0.2, 0.25) is 5.02 Å². The fourth-order valence-corrected chi connectivity index (χ4v) is 5.25. The first kappa shape index (κ1) is 22.6. The van der Waals surface area contributed by atoms with E-state index < -0.39 is 15.9 Å². The molecule has 0 atom stereocenters. The lowest BCUT2D eigenvalue weighted by Crippen LogP contribution is -2.40. The number of hydrogen-bond donors (Lipinski definition) is 1. The van der Waals surface area contributed by atoms with Crippen molar-refractivity contribution in [2.24, 2.45) is 0 Å². The van der Waals surface area contributed by atoms with Gasteiger partial charge in [0.25, 0.3) is 0 Å². The second-order valence-corrected chi connectivity index (χ2v) is 9.55. The molecule has 0 radical (unpaired) electrons. The smallest absolute Gasteiger partial charge is 0.248 e. The van der Waals surface area contributed by atoms with Crippen molar-refractivity contribution in [2.45, 2.75) is 11.3 Å². The maximum Gasteiger partial charge on any atom is 0.248 e. The Morgan fingerprint density at radius 1 is 1.00 bits per heavy atom. The first-order chi connectivity index (χ1) is 15.4. The van der Waals surface area contributed by atoms with Crippen LogP contribution in [0.3, 0.4) is 0 Å². The van der Waals surface area contributed by atoms with E-state index >= 15 is 0 Å². The van der Waals surface area contributed by atoms with E-state index in [1.165, 1.54) is 22.5 Å². The molecule has 1 fully saturated rings. The van der Waals surface area contributed by atoms with Crippen LogP contribution >= 0.6 is 11.6 Å². The number of fused-ring (bicyclic) bond motifs is 1. The minimum Gasteiger partial charge on any atom is -0.490 e. The Morgan fingerprint density at radius 2 is 1.75 bits per heavy atom. The van der Waals surface area contributed by atoms with Crippen LogP contribution in [0.15, 0.2) is 47.4 Å². The molecular formula is C22H23ClN2O6S. The van der Waals surface area contributed by atoms with Gasteiger partial charge in [-0.1, -0.05) is 17.7 Å². The van der Waals surface area contributed by atoms with E-state index in [0.29, 0.717) is 43.6 Å². The second-order valence-electron chi connectivity index (χ2n) is 7.24. The Bertz CT molecular complexity index is 1130. The highest BCUT2D eigenvalue weighted by Crippen LogP contribution is 2.31. The number of rotatable bonds is 5. The van der Waals surface area contributed by atoms with E-state index in [1.807, 2.05) is 6.07 Å². The molecule has 0 spiro atoms. The summed E-state index contributed by atoms with van der Waals surface area (Å²) in [5.74, 6) is 0.911. The van der Waals surface area contributed by atoms with Crippen LogP contribution in [0.25, 0.3) is 6.08 Å². The van der Waals surface area contributed by atoms with Gasteiger partial charge in [-0.2, -0.15) is 4.31 Å². The van der Waals surface area contributed by atoms with E-state index in [0.717, 1.165) is 12.0 Å². The second kappa shape index (κ2) is 9.91. The molecule has 170 valence electrons. The summed E-state index contributed by atoms with van der Waals surface area (Å²) < 4.78 is 43.7. The highest BCUT2D eigenvalue weighted by Gasteiger charge is 2.28. The highest BCUT2D eigenvalue weighted by molar-refractivity contribution is 7.89. The van der Waals surface area contributed by atoms with Crippen molar-refractivity contribution in [1.82, 2.24) is 4.31 Å². The summed E-state index contributed by atoms with van der Waals surface area (Å²) in [4.78, 5) is 12.4. The molecule has 0 aromatic heterocycles. The summed E-state index contributed by atoms with van der Waals surface area (Å²) in [7, 11) is -3.79. The number of sulfonamides is 1. The first-order valence-electron chi connectivity index (χ1n) is 10.2. The summed E-state index contributed by atoms with van der Waals surface area (Å²) in [5.41, 5.74) is 1.10. The first-order valence-corrected chi connectivity index (χ1v) is 12.0. The topological polar surface area (TPSA) is 94.2 Å². The van der Waals surface area contributed by atoms with Crippen LogP contribution in [0.4, 0.5) is 5.69 Å². The summed E-state index contributed by atoms with van der Waals surface area (Å²) in [5, 5.41) is 2.77. The van der Waals surface area contributed by atoms with Gasteiger partial charge in [0.05, 0.1) is 31.5 Å². The molecule has 2 aliphatic heterocycles. The Hall–Kier alpha value is -2.59. The van der Waals surface area contributed by atoms with Crippen molar-refractivity contribution in [3.63, 3.8) is 0 Å². The van der Waals surface area contributed by atoms with E-state index in [-0.39, 0.29) is 23.0 Å². The predicted molar refractivity (Wildman–Crippen MR) is 121 cm³/mol. The molecule has 0 unspecified atom stereocenters. The average Bonchev–Trinajstić information content (AvgIpc) is 3.04. The Morgan fingerprint density at radius 3 is 2.53 bits per heavy atom. The van der Waals surface area contributed by atoms with Crippen LogP contribution in [-0.2, 0) is 19.6 Å². The lowest BCUT2D eigenvalue weighted by atomic mass is 10.2. The molecule has 0 aliphatic carbocycles. The normalized spacial score (nSPS) is 17.2. The van der Waals surface area contributed by atoms with Crippen molar-refractivity contribution in [3.8, 4) is 11.5 Å². The van der Waals surface area contributed by atoms with Gasteiger partial charge in [-0.15, -0.1) is 0 Å². The van der Waals surface area contributed by atoms with Gasteiger partial charge in [0, 0.05) is 31.3 Å². The standard InChI is InChI=1S/C22H23ClN2O6S/c23-18-5-4-17(15-21(18)32(27,28)25-8-12-29-13-9-25)24-22(26)7-3-16-2-6-19-20(14-16)31-11-1-10-30-19/h2-7,14-15H,1,8-13H2,(H,24,26)/b7-3+. The quantitative estimate of drug-likeness (QED) is 0.663. The fraction of sp³-hybridized carbons (Fsp3) is 0.318. The zero-order chi connectivity index (χ0) is 22.6. The van der Waals surface area contributed by atoms with Crippen molar-refractivity contribution in [1.29, 1.82) is 0 Å². The van der Waals surface area contributed by atoms with Crippen LogP contribution in [0, 0.1) is 0 Å². The Kier molecular flexibility index (Phi) is 7.00. The minimum absolute atomic E-state index is 0.0502. The maximum absolute atomic E-state index is 12.9. The lowest BCUT2D eigenvalue weighted by molar-refractivity contribution is -0.111. The molecular weight excluding hydrogens is 456 g/mol. The van der Waals surface area contributed by atoms with Crippen molar-refractivity contribution >= 4 is 39.3 Å². The number of carbonyl (C=O) groups excluding carboxylic acids is 1. The molecule has 2 aromatic rings. The molecule has 8 nitrogen and oxygen atoms in total. The lowest BCUT2D eigenvalue weighted by Gasteiger charge is -2.26. The molecule has 0 saturated carbocycles. The zero-order valence-electron chi connectivity index (χ0n) is 17.3. The maximum atomic E-state index is 12.9. The van der Waals surface area contributed by atoms with Crippen LogP contribution in [0.5, 0.6) is 11.5 Å². The van der Waals surface area contributed by atoms with Gasteiger partial charge in [-0.05, 0) is 42.0 Å². The van der Waals surface area contributed by atoms with E-state index in [9.17, 15) is 13.2 Å². The van der Waals surface area contributed by atoms with Gasteiger partial charge in [-0.3, -0.25) is 4.79 Å². The van der Waals surface area contributed by atoms with Crippen molar-refractivity contribution in [3.05, 3.63) is 53.1 Å². The van der Waals surface area contributed by atoms with Gasteiger partial charge >= 0.3 is 0 Å². The van der Waals surface area contributed by atoms with Crippen LogP contribution in [-0.4, -0.2) is 58.1 Å². The number of halogens is 1. The molecule has 10 heteroatoms. The molecule has 4 rings (SSSR count). The largest absolute Gasteiger partial charge is 0.490 e. The molecule has 2 heterocycles. The summed E-state index contributed by atoms with van der Waals surface area (Å²) in [6, 6.07) is 9.82. The zero-order valence-corrected chi connectivity index (χ0v) is 18.8. The summed E-state index contributed by atoms with van der Waals surface area (Å²) >= 11 is 6.16. The average molecular weight is 479 g/mol. The fourth-order valence-electron chi connectivity index (χ4n) is 3.34. The number of amides is 1. The Labute approximate surface area is 191 Å². The molecule has 1 amide bonds. The number of hydrogen-bond acceptors (Lipinski definition) is 6. The van der Waals surface area contributed by atoms with Crippen LogP contribution in [0.1, 0.15) is 12.0 Å². The SMILES string of the molecule is O=C(/C=C/c1ccc2c(c1)OCCCO2)Nc1ccc(Cl)c(S(=O)(=O)N2CCOCC2)c1. The van der Waals surface area contributed by atoms with Gasteiger partial charge in [0.1, 0.15) is 4.90 Å². The van der Waals surface area contributed by atoms with Crippen molar-refractivity contribution in [2.75, 3.05) is 44.8 Å². The predicted octanol–water partition coefficient (Wildman–Crippen LogP) is 3.17. The number of benzene rings is 2. The third kappa shape index (κ3) is 5.24. The molecule has 2 aliphatic rings. The molecule has 0 bridgehead atoms. The molecule has 1 saturated heterocycles. The number of carbonyl (C=O) groups is 1. The number of morpholine rings is 1. The number of anilines is 1. The summed E-state index contributed by atoms with van der Waals surface area (Å²) in [6.45, 7) is 2.36. The van der Waals surface area contributed by atoms with Gasteiger partial charge in [-0.25, -0.2) is 8.42 Å². The number of nitrogens with one attached hydrogen (secondary N) is 1. The van der Waals surface area contributed by atoms with Crippen LogP contribution < -0.4 is 14.8 Å². The Balaban J connectivity index is 1.47. The third-order valence-corrected chi connectivity index (χ3v) is 7.37. The van der Waals surface area contributed by atoms with Gasteiger partial charge in [0.15, 0.2) is 11.5 Å².